The Labute approximate surface area is 467 Å². The third kappa shape index (κ3) is 21.7. The Morgan fingerprint density at radius 2 is 1.10 bits per heavy atom. The number of hydrogen-bond donors (Lipinski definition) is 15. The molecule has 0 bridgehead atoms. The Morgan fingerprint density at radius 1 is 0.593 bits per heavy atom. The van der Waals surface area contributed by atoms with Crippen molar-refractivity contribution in [2.45, 2.75) is 153 Å². The minimum Gasteiger partial charge on any atom is -0.508 e. The Hall–Kier alpha value is -8.24. The molecule has 28 nitrogen and oxygen atoms in total. The van der Waals surface area contributed by atoms with Crippen LogP contribution in [0.4, 0.5) is 0 Å². The number of carboxylic acids is 3. The zero-order valence-corrected chi connectivity index (χ0v) is 45.7. The zero-order chi connectivity index (χ0) is 60.7. The van der Waals surface area contributed by atoms with Gasteiger partial charge in [0.25, 0.3) is 0 Å². The van der Waals surface area contributed by atoms with E-state index in [9.17, 15) is 83.1 Å². The lowest BCUT2D eigenvalue weighted by molar-refractivity contribution is -0.146. The van der Waals surface area contributed by atoms with Crippen LogP contribution in [0.1, 0.15) is 90.7 Å². The summed E-state index contributed by atoms with van der Waals surface area (Å²) < 4.78 is 0. The maximum absolute atomic E-state index is 14.2. The van der Waals surface area contributed by atoms with E-state index in [-0.39, 0.29) is 56.7 Å². The fourth-order valence-corrected chi connectivity index (χ4v) is 8.49. The summed E-state index contributed by atoms with van der Waals surface area (Å²) in [5.74, 6) is -13.8. The van der Waals surface area contributed by atoms with Crippen molar-refractivity contribution < 1.29 is 88.2 Å². The molecule has 1 aliphatic rings. The molecule has 0 unspecified atom stereocenters. The van der Waals surface area contributed by atoms with Crippen molar-refractivity contribution in [1.29, 1.82) is 0 Å². The summed E-state index contributed by atoms with van der Waals surface area (Å²) >= 11 is 0. The highest BCUT2D eigenvalue weighted by Crippen LogP contribution is 2.21. The van der Waals surface area contributed by atoms with Gasteiger partial charge in [0.1, 0.15) is 60.1 Å². The number of hydrogen-bond acceptors (Lipinski definition) is 16. The van der Waals surface area contributed by atoms with E-state index in [0.717, 1.165) is 4.90 Å². The second-order valence-corrected chi connectivity index (χ2v) is 20.2. The summed E-state index contributed by atoms with van der Waals surface area (Å²) in [5.41, 5.74) is 6.74. The Balaban J connectivity index is 1.74. The smallest absolute Gasteiger partial charge is 0.326 e. The van der Waals surface area contributed by atoms with E-state index in [1.165, 1.54) is 31.2 Å². The lowest BCUT2D eigenvalue weighted by Crippen LogP contribution is -2.61. The fraction of sp³-hybridized carbons (Fsp3) is 0.547. The van der Waals surface area contributed by atoms with E-state index in [1.807, 2.05) is 0 Å². The first kappa shape index (κ1) is 67.0. The van der Waals surface area contributed by atoms with Crippen molar-refractivity contribution in [3.63, 3.8) is 0 Å². The van der Waals surface area contributed by atoms with Gasteiger partial charge in [-0.25, -0.2) is 4.79 Å². The van der Waals surface area contributed by atoms with Gasteiger partial charge in [-0.1, -0.05) is 76.6 Å². The van der Waals surface area contributed by atoms with Gasteiger partial charge >= 0.3 is 17.9 Å². The highest BCUT2D eigenvalue weighted by Gasteiger charge is 2.42. The molecule has 28 heteroatoms. The molecule has 11 atom stereocenters. The number of carbonyl (C=O) groups is 12. The van der Waals surface area contributed by atoms with Gasteiger partial charge in [0.2, 0.25) is 53.2 Å². The number of nitrogens with two attached hydrogens (primary N) is 1. The summed E-state index contributed by atoms with van der Waals surface area (Å²) in [6.07, 6.45) is -1.46. The number of nitrogens with zero attached hydrogens (tertiary/aromatic N) is 1. The van der Waals surface area contributed by atoms with Crippen molar-refractivity contribution in [3.05, 3.63) is 65.7 Å². The van der Waals surface area contributed by atoms with Gasteiger partial charge in [0.05, 0.1) is 25.7 Å². The van der Waals surface area contributed by atoms with Crippen LogP contribution < -0.4 is 48.3 Å². The largest absolute Gasteiger partial charge is 0.508 e. The van der Waals surface area contributed by atoms with Crippen LogP contribution in [-0.2, 0) is 70.4 Å². The number of amides is 9. The summed E-state index contributed by atoms with van der Waals surface area (Å²) in [4.78, 5) is 159. The maximum atomic E-state index is 14.2. The maximum Gasteiger partial charge on any atom is 0.326 e. The molecule has 81 heavy (non-hydrogen) atoms. The van der Waals surface area contributed by atoms with E-state index >= 15 is 0 Å². The molecule has 1 heterocycles. The van der Waals surface area contributed by atoms with Crippen LogP contribution in [0, 0.1) is 11.8 Å². The molecular weight excluding hydrogens is 1060 g/mol. The number of nitrogens with one attached hydrogen (secondary N) is 8. The number of aromatic hydroxyl groups is 1. The minimum atomic E-state index is -1.88. The van der Waals surface area contributed by atoms with E-state index in [4.69, 9.17) is 10.8 Å². The molecule has 0 aliphatic carbocycles. The number of phenolic OH excluding ortho intramolecular Hbond substituents is 1. The van der Waals surface area contributed by atoms with Crippen molar-refractivity contribution in [1.82, 2.24) is 47.4 Å². The van der Waals surface area contributed by atoms with E-state index in [1.54, 1.807) is 58.0 Å². The molecule has 3 rings (SSSR count). The Bertz CT molecular complexity index is 2540. The van der Waals surface area contributed by atoms with Crippen LogP contribution in [0.3, 0.4) is 0 Å². The van der Waals surface area contributed by atoms with Crippen LogP contribution >= 0.6 is 0 Å². The van der Waals surface area contributed by atoms with Crippen LogP contribution in [0.2, 0.25) is 0 Å². The summed E-state index contributed by atoms with van der Waals surface area (Å²) in [5, 5.41) is 77.7. The second kappa shape index (κ2) is 32.7. The molecule has 9 amide bonds. The standard InChI is InChI=1S/C53H76N10O18/c1-6-28(4)43(51(78)57-34(21-27(2)3)47(74)59-37(53(80)81)23-31-14-16-32(66)17-15-31)62-50(77)40-13-10-20-63(40)52(79)36(24-42(69)70)58-49(76)38(25-64)60-44(71)29(5)55-46(73)35(22-30-11-8-7-9-12-30)56-48(75)39(26-65)61-45(72)33(54)18-19-41(67)68/h7-9,11-12,14-17,27-29,33-40,43,64-66H,6,10,13,18-26,54H2,1-5H3,(H,55,73)(H,56,75)(H,57,78)(H,58,76)(H,59,74)(H,60,71)(H,61,72)(H,62,77)(H,67,68)(H,69,70)(H,80,81)/t28-,29-,33-,34-,35-,36-,37-,38-,39-,40-,43-/m0/s1. The third-order valence-electron chi connectivity index (χ3n) is 13.3. The van der Waals surface area contributed by atoms with Crippen molar-refractivity contribution in [3.8, 4) is 5.75 Å². The van der Waals surface area contributed by atoms with Crippen LogP contribution in [0.25, 0.3) is 0 Å². The number of aliphatic hydroxyl groups is 2. The van der Waals surface area contributed by atoms with Gasteiger partial charge in [-0.15, -0.1) is 0 Å². The second-order valence-electron chi connectivity index (χ2n) is 20.2. The SMILES string of the molecule is CC[C@H](C)[C@H](NC(=O)[C@@H]1CCCN1C(=O)[C@H](CC(=O)O)NC(=O)[C@H](CO)NC(=O)[C@H](C)NC(=O)[C@H](Cc1ccccc1)NC(=O)[C@H](CO)NC(=O)[C@@H](N)CCC(=O)O)C(=O)N[C@@H](CC(C)C)C(=O)N[C@@H](Cc1ccc(O)cc1)C(=O)O. The average Bonchev–Trinajstić information content (AvgIpc) is 3.94. The Morgan fingerprint density at radius 3 is 1.64 bits per heavy atom. The molecule has 2 aromatic carbocycles. The summed E-state index contributed by atoms with van der Waals surface area (Å²) in [7, 11) is 0. The molecule has 0 saturated carbocycles. The molecule has 1 saturated heterocycles. The highest BCUT2D eigenvalue weighted by atomic mass is 16.4. The quantitative estimate of drug-likeness (QED) is 0.0336. The number of benzene rings is 2. The number of aliphatic carboxylic acids is 3. The number of aliphatic hydroxyl groups excluding tert-OH is 2. The van der Waals surface area contributed by atoms with Gasteiger partial charge in [-0.2, -0.15) is 0 Å². The lowest BCUT2D eigenvalue weighted by atomic mass is 9.96. The zero-order valence-electron chi connectivity index (χ0n) is 45.7. The van der Waals surface area contributed by atoms with Gasteiger partial charge in [-0.05, 0) is 67.7 Å². The van der Waals surface area contributed by atoms with Gasteiger partial charge in [0.15, 0.2) is 0 Å². The average molecular weight is 1140 g/mol. The fourth-order valence-electron chi connectivity index (χ4n) is 8.49. The highest BCUT2D eigenvalue weighted by molar-refractivity contribution is 5.99. The summed E-state index contributed by atoms with van der Waals surface area (Å²) in [6.45, 7) is 5.94. The van der Waals surface area contributed by atoms with E-state index < -0.39 is 163 Å². The molecular formula is C53H76N10O18. The molecule has 1 fully saturated rings. The molecule has 2 aromatic rings. The van der Waals surface area contributed by atoms with Crippen LogP contribution in [0.15, 0.2) is 54.6 Å². The van der Waals surface area contributed by atoms with Crippen molar-refractivity contribution in [2.24, 2.45) is 17.6 Å². The number of phenols is 1. The first-order valence-corrected chi connectivity index (χ1v) is 26.4. The minimum absolute atomic E-state index is 0.0361. The predicted octanol–water partition coefficient (Wildman–Crippen LogP) is -3.11. The number of likely N-dealkylation sites (tertiary alicyclic amines) is 1. The molecule has 446 valence electrons. The van der Waals surface area contributed by atoms with Crippen LogP contribution in [0.5, 0.6) is 5.75 Å². The third-order valence-corrected chi connectivity index (χ3v) is 13.3. The van der Waals surface area contributed by atoms with Gasteiger partial charge in [0, 0.05) is 25.8 Å². The van der Waals surface area contributed by atoms with Crippen molar-refractivity contribution >= 4 is 71.1 Å². The Kier molecular flexibility index (Phi) is 27.1. The number of carboxylic acid groups (broad SMARTS) is 3. The number of carbonyl (C=O) groups excluding carboxylic acids is 9. The summed E-state index contributed by atoms with van der Waals surface area (Å²) in [6, 6.07) is -1.12. The molecule has 0 spiro atoms. The molecule has 0 aromatic heterocycles. The lowest BCUT2D eigenvalue weighted by Gasteiger charge is -2.32. The molecule has 16 N–H and O–H groups in total. The predicted molar refractivity (Wildman–Crippen MR) is 286 cm³/mol. The normalized spacial score (nSPS) is 16.7. The monoisotopic (exact) mass is 1140 g/mol. The van der Waals surface area contributed by atoms with Crippen LogP contribution in [-0.4, -0.2) is 187 Å². The van der Waals surface area contributed by atoms with E-state index in [0.29, 0.717) is 17.5 Å². The topological polar surface area (TPSA) is 452 Å². The van der Waals surface area contributed by atoms with Gasteiger partial charge < -0.3 is 83.8 Å². The first-order valence-electron chi connectivity index (χ1n) is 26.4. The first-order chi connectivity index (χ1) is 38.2. The number of rotatable bonds is 33. The van der Waals surface area contributed by atoms with Gasteiger partial charge in [-0.3, -0.25) is 52.7 Å². The van der Waals surface area contributed by atoms with E-state index in [2.05, 4.69) is 42.5 Å². The molecule has 0 radical (unpaired) electrons. The van der Waals surface area contributed by atoms with Crippen molar-refractivity contribution in [2.75, 3.05) is 19.8 Å². The molecule has 1 aliphatic heterocycles.